The van der Waals surface area contributed by atoms with E-state index in [9.17, 15) is 4.79 Å². The molecule has 0 saturated carbocycles. The van der Waals surface area contributed by atoms with Crippen LogP contribution in [0.1, 0.15) is 25.5 Å². The summed E-state index contributed by atoms with van der Waals surface area (Å²) in [6.45, 7) is 4.89. The van der Waals surface area contributed by atoms with Crippen LogP contribution in [0.4, 0.5) is 0 Å². The lowest BCUT2D eigenvalue weighted by Gasteiger charge is -2.22. The van der Waals surface area contributed by atoms with Gasteiger partial charge in [0, 0.05) is 18.6 Å². The standard InChI is InChI=1S/C14H22N4O/c1-14(2,15)9-16-13(19)11-8-17-18-12(11)10-6-4-3-5-7-10/h3-7,11-12,17-18H,8-9,15H2,1-2H3,(H,16,19). The molecule has 0 bridgehead atoms. The highest BCUT2D eigenvalue weighted by Gasteiger charge is 2.34. The fraction of sp³-hybridized carbons (Fsp3) is 0.500. The molecule has 2 atom stereocenters. The van der Waals surface area contributed by atoms with Gasteiger partial charge in [0.05, 0.1) is 12.0 Å². The predicted molar refractivity (Wildman–Crippen MR) is 75.1 cm³/mol. The van der Waals surface area contributed by atoms with Gasteiger partial charge in [0.25, 0.3) is 0 Å². The van der Waals surface area contributed by atoms with Gasteiger partial charge >= 0.3 is 0 Å². The van der Waals surface area contributed by atoms with E-state index in [0.29, 0.717) is 13.1 Å². The van der Waals surface area contributed by atoms with Gasteiger partial charge in [-0.15, -0.1) is 0 Å². The first kappa shape index (κ1) is 14.0. The number of amides is 1. The molecule has 2 unspecified atom stereocenters. The number of hydrazine groups is 1. The summed E-state index contributed by atoms with van der Waals surface area (Å²) >= 11 is 0. The highest BCUT2D eigenvalue weighted by Crippen LogP contribution is 2.24. The van der Waals surface area contributed by atoms with E-state index in [4.69, 9.17) is 5.73 Å². The van der Waals surface area contributed by atoms with Crippen molar-refractivity contribution in [3.63, 3.8) is 0 Å². The van der Waals surface area contributed by atoms with Gasteiger partial charge in [-0.3, -0.25) is 10.2 Å². The Kier molecular flexibility index (Phi) is 4.19. The third-order valence-electron chi connectivity index (χ3n) is 3.20. The van der Waals surface area contributed by atoms with Crippen molar-refractivity contribution in [3.8, 4) is 0 Å². The van der Waals surface area contributed by atoms with Crippen LogP contribution in [0.15, 0.2) is 30.3 Å². The van der Waals surface area contributed by atoms with Crippen LogP contribution in [0.5, 0.6) is 0 Å². The maximum Gasteiger partial charge on any atom is 0.226 e. The Morgan fingerprint density at radius 3 is 2.74 bits per heavy atom. The van der Waals surface area contributed by atoms with Crippen molar-refractivity contribution < 1.29 is 4.79 Å². The van der Waals surface area contributed by atoms with Gasteiger partial charge in [0.15, 0.2) is 0 Å². The van der Waals surface area contributed by atoms with Crippen LogP contribution in [0.3, 0.4) is 0 Å². The summed E-state index contributed by atoms with van der Waals surface area (Å²) in [6.07, 6.45) is 0. The molecule has 1 heterocycles. The number of nitrogens with two attached hydrogens (primary N) is 1. The van der Waals surface area contributed by atoms with E-state index < -0.39 is 5.54 Å². The largest absolute Gasteiger partial charge is 0.354 e. The van der Waals surface area contributed by atoms with Crippen molar-refractivity contribution in [1.29, 1.82) is 0 Å². The number of benzene rings is 1. The minimum absolute atomic E-state index is 0.00193. The van der Waals surface area contributed by atoms with Crippen molar-refractivity contribution in [3.05, 3.63) is 35.9 Å². The average molecular weight is 262 g/mol. The van der Waals surface area contributed by atoms with Crippen LogP contribution < -0.4 is 21.9 Å². The molecule has 1 aromatic rings. The molecule has 0 aliphatic carbocycles. The number of nitrogens with one attached hydrogen (secondary N) is 3. The van der Waals surface area contributed by atoms with Crippen molar-refractivity contribution in [1.82, 2.24) is 16.2 Å². The summed E-state index contributed by atoms with van der Waals surface area (Å²) in [7, 11) is 0. The van der Waals surface area contributed by atoms with Gasteiger partial charge in [-0.25, -0.2) is 5.43 Å². The van der Waals surface area contributed by atoms with E-state index in [2.05, 4.69) is 16.2 Å². The molecule has 1 saturated heterocycles. The first-order chi connectivity index (χ1) is 8.97. The van der Waals surface area contributed by atoms with Gasteiger partial charge in [0.2, 0.25) is 5.91 Å². The van der Waals surface area contributed by atoms with Crippen LogP contribution in [0, 0.1) is 5.92 Å². The molecule has 1 fully saturated rings. The van der Waals surface area contributed by atoms with Crippen LogP contribution in [0.25, 0.3) is 0 Å². The molecule has 104 valence electrons. The molecule has 0 radical (unpaired) electrons. The molecule has 1 aliphatic heterocycles. The van der Waals surface area contributed by atoms with E-state index in [1.807, 2.05) is 44.2 Å². The fourth-order valence-electron chi connectivity index (χ4n) is 2.16. The Morgan fingerprint density at radius 1 is 1.42 bits per heavy atom. The van der Waals surface area contributed by atoms with Gasteiger partial charge in [-0.05, 0) is 19.4 Å². The average Bonchev–Trinajstić information content (AvgIpc) is 2.85. The molecular weight excluding hydrogens is 240 g/mol. The molecule has 1 amide bonds. The smallest absolute Gasteiger partial charge is 0.226 e. The molecule has 5 heteroatoms. The lowest BCUT2D eigenvalue weighted by Crippen LogP contribution is -2.47. The molecule has 19 heavy (non-hydrogen) atoms. The van der Waals surface area contributed by atoms with Crippen molar-refractivity contribution >= 4 is 5.91 Å². The molecule has 2 rings (SSSR count). The number of hydrogen-bond donors (Lipinski definition) is 4. The Labute approximate surface area is 113 Å². The lowest BCUT2D eigenvalue weighted by atomic mass is 9.94. The van der Waals surface area contributed by atoms with Gasteiger partial charge in [0.1, 0.15) is 0 Å². The first-order valence-corrected chi connectivity index (χ1v) is 6.57. The molecule has 0 aromatic heterocycles. The predicted octanol–water partition coefficient (Wildman–Crippen LogP) is 0.305. The first-order valence-electron chi connectivity index (χ1n) is 6.57. The van der Waals surface area contributed by atoms with E-state index in [0.717, 1.165) is 5.56 Å². The Morgan fingerprint density at radius 2 is 2.11 bits per heavy atom. The second-order valence-electron chi connectivity index (χ2n) is 5.73. The summed E-state index contributed by atoms with van der Waals surface area (Å²) < 4.78 is 0. The maximum absolute atomic E-state index is 12.2. The van der Waals surface area contributed by atoms with Crippen LogP contribution in [-0.4, -0.2) is 24.5 Å². The monoisotopic (exact) mass is 262 g/mol. The zero-order valence-electron chi connectivity index (χ0n) is 11.4. The van der Waals surface area contributed by atoms with E-state index >= 15 is 0 Å². The summed E-state index contributed by atoms with van der Waals surface area (Å²) in [5.74, 6) is -0.0883. The summed E-state index contributed by atoms with van der Waals surface area (Å²) in [5.41, 5.74) is 12.8. The van der Waals surface area contributed by atoms with Crippen molar-refractivity contribution in [2.75, 3.05) is 13.1 Å². The molecule has 1 aromatic carbocycles. The van der Waals surface area contributed by atoms with Gasteiger partial charge < -0.3 is 11.1 Å². The van der Waals surface area contributed by atoms with E-state index in [1.165, 1.54) is 0 Å². The highest BCUT2D eigenvalue weighted by atomic mass is 16.2. The fourth-order valence-corrected chi connectivity index (χ4v) is 2.16. The third-order valence-corrected chi connectivity index (χ3v) is 3.20. The zero-order valence-corrected chi connectivity index (χ0v) is 11.4. The minimum atomic E-state index is -0.392. The SMILES string of the molecule is CC(C)(N)CNC(=O)C1CNNC1c1ccccc1. The zero-order chi connectivity index (χ0) is 13.9. The highest BCUT2D eigenvalue weighted by molar-refractivity contribution is 5.80. The van der Waals surface area contributed by atoms with Crippen LogP contribution in [-0.2, 0) is 4.79 Å². The summed E-state index contributed by atoms with van der Waals surface area (Å²) in [6, 6.07) is 9.98. The maximum atomic E-state index is 12.2. The lowest BCUT2D eigenvalue weighted by molar-refractivity contribution is -0.125. The number of carbonyl (C=O) groups is 1. The Balaban J connectivity index is 2.01. The van der Waals surface area contributed by atoms with Gasteiger partial charge in [-0.2, -0.15) is 0 Å². The third kappa shape index (κ3) is 3.76. The Hall–Kier alpha value is -1.43. The summed E-state index contributed by atoms with van der Waals surface area (Å²) in [4.78, 5) is 12.2. The normalized spacial score (nSPS) is 23.3. The topological polar surface area (TPSA) is 79.2 Å². The van der Waals surface area contributed by atoms with Crippen LogP contribution >= 0.6 is 0 Å². The van der Waals surface area contributed by atoms with E-state index in [1.54, 1.807) is 0 Å². The molecule has 0 spiro atoms. The second kappa shape index (κ2) is 5.69. The minimum Gasteiger partial charge on any atom is -0.354 e. The van der Waals surface area contributed by atoms with Crippen molar-refractivity contribution in [2.45, 2.75) is 25.4 Å². The molecular formula is C14H22N4O. The quantitative estimate of drug-likeness (QED) is 0.629. The molecule has 1 aliphatic rings. The van der Waals surface area contributed by atoms with E-state index in [-0.39, 0.29) is 17.9 Å². The number of carbonyl (C=O) groups excluding carboxylic acids is 1. The number of hydrogen-bond acceptors (Lipinski definition) is 4. The second-order valence-corrected chi connectivity index (χ2v) is 5.73. The summed E-state index contributed by atoms with van der Waals surface area (Å²) in [5, 5.41) is 2.92. The molecule has 5 nitrogen and oxygen atoms in total. The molecule has 5 N–H and O–H groups in total. The number of rotatable bonds is 4. The van der Waals surface area contributed by atoms with Crippen molar-refractivity contribution in [2.24, 2.45) is 11.7 Å². The van der Waals surface area contributed by atoms with Crippen LogP contribution in [0.2, 0.25) is 0 Å². The Bertz CT molecular complexity index is 427. The van der Waals surface area contributed by atoms with Gasteiger partial charge in [-0.1, -0.05) is 30.3 Å².